The molecule has 24 heavy (non-hydrogen) atoms. The third kappa shape index (κ3) is 3.48. The standard InChI is InChI=1S/C17H15BF2O4/c1-21-14-7-3-12(4-8-14)16-11-17(24-18(19,20)23-16)13-5-9-15(22-2)10-6-13/h3-10,16H,1-2H3. The van der Waals surface area contributed by atoms with Gasteiger partial charge in [0.05, 0.1) is 14.2 Å². The van der Waals surface area contributed by atoms with E-state index in [9.17, 15) is 8.63 Å². The molecule has 3 rings (SSSR count). The Bertz CT molecular complexity index is 729. The minimum Gasteiger partial charge on any atom is -0.601 e. The predicted octanol–water partition coefficient (Wildman–Crippen LogP) is 4.01. The van der Waals surface area contributed by atoms with Gasteiger partial charge in [0.2, 0.25) is 0 Å². The van der Waals surface area contributed by atoms with Crippen molar-refractivity contribution in [1.82, 2.24) is 0 Å². The second-order valence-electron chi connectivity index (χ2n) is 5.14. The Morgan fingerprint density at radius 3 is 2.00 bits per heavy atom. The molecule has 2 aromatic rings. The number of ether oxygens (including phenoxy) is 2. The summed E-state index contributed by atoms with van der Waals surface area (Å²) in [7, 11) is -1.38. The van der Waals surface area contributed by atoms with E-state index in [4.69, 9.17) is 14.1 Å². The fourth-order valence-electron chi connectivity index (χ4n) is 2.34. The molecule has 0 radical (unpaired) electrons. The second-order valence-corrected chi connectivity index (χ2v) is 5.14. The molecule has 2 aromatic carbocycles. The Morgan fingerprint density at radius 1 is 0.917 bits per heavy atom. The van der Waals surface area contributed by atoms with Crippen molar-refractivity contribution in [2.45, 2.75) is 6.10 Å². The van der Waals surface area contributed by atoms with Crippen LogP contribution in [0.4, 0.5) is 8.63 Å². The van der Waals surface area contributed by atoms with Gasteiger partial charge in [-0.15, -0.1) is 0 Å². The first-order valence-corrected chi connectivity index (χ1v) is 7.29. The van der Waals surface area contributed by atoms with Gasteiger partial charge in [-0.3, -0.25) is 0 Å². The van der Waals surface area contributed by atoms with Crippen LogP contribution in [-0.2, 0) is 9.31 Å². The molecule has 0 saturated carbocycles. The Hall–Kier alpha value is -2.63. The summed E-state index contributed by atoms with van der Waals surface area (Å²) < 4.78 is 47.3. The zero-order chi connectivity index (χ0) is 17.2. The van der Waals surface area contributed by atoms with Crippen LogP contribution in [0, 0.1) is 6.08 Å². The van der Waals surface area contributed by atoms with Gasteiger partial charge in [0.1, 0.15) is 17.6 Å². The molecule has 124 valence electrons. The fraction of sp³-hybridized carbons (Fsp3) is 0.176. The van der Waals surface area contributed by atoms with Gasteiger partial charge in [-0.05, 0) is 24.3 Å². The number of hydrogen-bond acceptors (Lipinski definition) is 4. The maximum absolute atomic E-state index is 13.9. The molecule has 0 spiro atoms. The minimum absolute atomic E-state index is 0.0466. The molecule has 1 aliphatic rings. The lowest BCUT2D eigenvalue weighted by Gasteiger charge is -2.31. The molecule has 0 N–H and O–H groups in total. The second kappa shape index (κ2) is 6.47. The van der Waals surface area contributed by atoms with E-state index in [-0.39, 0.29) is 5.76 Å². The van der Waals surface area contributed by atoms with Crippen LogP contribution < -0.4 is 9.47 Å². The molecule has 0 bridgehead atoms. The van der Waals surface area contributed by atoms with Crippen LogP contribution in [-0.4, -0.2) is 21.3 Å². The molecule has 0 saturated heterocycles. The molecular weight excluding hydrogens is 317 g/mol. The molecule has 0 fully saturated rings. The highest BCUT2D eigenvalue weighted by Gasteiger charge is 2.44. The highest BCUT2D eigenvalue weighted by atomic mass is 19.3. The summed E-state index contributed by atoms with van der Waals surface area (Å²) in [6.07, 6.45) is 1.81. The Labute approximate surface area is 138 Å². The van der Waals surface area contributed by atoms with Gasteiger partial charge in [0.25, 0.3) is 0 Å². The third-order valence-corrected chi connectivity index (χ3v) is 3.58. The molecule has 1 atom stereocenters. The SMILES string of the molecule is COc1ccc(C2=[C+]C(c3ccc(OC)cc3)O[B-](F)(F)O2)cc1. The monoisotopic (exact) mass is 332 g/mol. The molecule has 0 amide bonds. The Morgan fingerprint density at radius 2 is 1.46 bits per heavy atom. The number of hydrogen-bond donors (Lipinski definition) is 0. The maximum Gasteiger partial charge on any atom is 0.668 e. The molecule has 0 aliphatic carbocycles. The average molecular weight is 332 g/mol. The van der Waals surface area contributed by atoms with Crippen molar-refractivity contribution in [2.24, 2.45) is 0 Å². The van der Waals surface area contributed by atoms with Crippen LogP contribution in [0.3, 0.4) is 0 Å². The van der Waals surface area contributed by atoms with Gasteiger partial charge in [-0.1, -0.05) is 0 Å². The Kier molecular flexibility index (Phi) is 4.38. The lowest BCUT2D eigenvalue weighted by Crippen LogP contribution is -2.36. The summed E-state index contributed by atoms with van der Waals surface area (Å²) in [6, 6.07) is 13.2. The molecule has 7 heteroatoms. The molecule has 1 unspecified atom stereocenters. The molecule has 1 aliphatic heterocycles. The van der Waals surface area contributed by atoms with E-state index < -0.39 is 13.2 Å². The maximum atomic E-state index is 13.9. The number of halogens is 2. The van der Waals surface area contributed by atoms with E-state index in [1.54, 1.807) is 48.5 Å². The zero-order valence-electron chi connectivity index (χ0n) is 13.2. The van der Waals surface area contributed by atoms with Crippen molar-refractivity contribution in [3.8, 4) is 11.5 Å². The molecule has 1 heterocycles. The van der Waals surface area contributed by atoms with Gasteiger partial charge in [-0.2, -0.15) is 0 Å². The van der Waals surface area contributed by atoms with E-state index >= 15 is 0 Å². The first-order valence-electron chi connectivity index (χ1n) is 7.29. The fourth-order valence-corrected chi connectivity index (χ4v) is 2.34. The van der Waals surface area contributed by atoms with Crippen molar-refractivity contribution in [3.63, 3.8) is 0 Å². The number of rotatable bonds is 4. The van der Waals surface area contributed by atoms with Crippen molar-refractivity contribution in [1.29, 1.82) is 0 Å². The van der Waals surface area contributed by atoms with E-state index in [1.165, 1.54) is 14.2 Å². The highest BCUT2D eigenvalue weighted by Crippen LogP contribution is 2.36. The minimum atomic E-state index is -4.44. The summed E-state index contributed by atoms with van der Waals surface area (Å²) in [5.41, 5.74) is 1.01. The average Bonchev–Trinajstić information content (AvgIpc) is 2.60. The quantitative estimate of drug-likeness (QED) is 0.626. The molecule has 4 nitrogen and oxygen atoms in total. The zero-order valence-corrected chi connectivity index (χ0v) is 13.2. The third-order valence-electron chi connectivity index (χ3n) is 3.58. The van der Waals surface area contributed by atoms with E-state index in [0.717, 1.165) is 0 Å². The summed E-state index contributed by atoms with van der Waals surface area (Å²) in [5, 5.41) is 0. The summed E-state index contributed by atoms with van der Waals surface area (Å²) in [6.45, 7) is 0. The van der Waals surface area contributed by atoms with E-state index in [2.05, 4.69) is 10.7 Å². The van der Waals surface area contributed by atoms with Gasteiger partial charge in [-0.25, -0.2) is 0 Å². The van der Waals surface area contributed by atoms with E-state index in [1.807, 2.05) is 0 Å². The lowest BCUT2D eigenvalue weighted by molar-refractivity contribution is 0.0814. The predicted molar refractivity (Wildman–Crippen MR) is 85.5 cm³/mol. The summed E-state index contributed by atoms with van der Waals surface area (Å²) in [4.78, 5) is 0. The van der Waals surface area contributed by atoms with Gasteiger partial charge in [0, 0.05) is 29.8 Å². The first-order chi connectivity index (χ1) is 11.5. The summed E-state index contributed by atoms with van der Waals surface area (Å²) in [5.74, 6) is 1.20. The largest absolute Gasteiger partial charge is 0.668 e. The van der Waals surface area contributed by atoms with Crippen LogP contribution in [0.2, 0.25) is 0 Å². The first kappa shape index (κ1) is 16.2. The Balaban J connectivity index is 1.93. The van der Waals surface area contributed by atoms with Crippen molar-refractivity contribution in [3.05, 3.63) is 65.7 Å². The van der Waals surface area contributed by atoms with E-state index in [0.29, 0.717) is 22.6 Å². The van der Waals surface area contributed by atoms with Crippen LogP contribution in [0.5, 0.6) is 11.5 Å². The topological polar surface area (TPSA) is 36.9 Å². The van der Waals surface area contributed by atoms with Crippen LogP contribution in [0.1, 0.15) is 17.2 Å². The van der Waals surface area contributed by atoms with Crippen molar-refractivity contribution >= 4 is 12.9 Å². The lowest BCUT2D eigenvalue weighted by atomic mass is 10.00. The van der Waals surface area contributed by atoms with Gasteiger partial charge < -0.3 is 27.4 Å². The number of benzene rings is 2. The smallest absolute Gasteiger partial charge is 0.601 e. The van der Waals surface area contributed by atoms with Crippen molar-refractivity contribution < 1.29 is 27.4 Å². The van der Waals surface area contributed by atoms with Crippen LogP contribution in [0.25, 0.3) is 5.76 Å². The number of methoxy groups -OCH3 is 2. The molecular formula is C17H15BF2O4. The molecule has 0 aromatic heterocycles. The van der Waals surface area contributed by atoms with Crippen LogP contribution in [0.15, 0.2) is 48.5 Å². The van der Waals surface area contributed by atoms with Crippen molar-refractivity contribution in [2.75, 3.05) is 14.2 Å². The highest BCUT2D eigenvalue weighted by molar-refractivity contribution is 6.53. The normalized spacial score (nSPS) is 18.8. The van der Waals surface area contributed by atoms with Crippen LogP contribution >= 0.6 is 0 Å². The summed E-state index contributed by atoms with van der Waals surface area (Å²) >= 11 is 0. The van der Waals surface area contributed by atoms with Gasteiger partial charge >= 0.3 is 12.9 Å². The van der Waals surface area contributed by atoms with Gasteiger partial charge in [0.15, 0.2) is 11.7 Å².